The number of ketones is 1. The highest BCUT2D eigenvalue weighted by atomic mass is 16.1. The summed E-state index contributed by atoms with van der Waals surface area (Å²) in [7, 11) is 0. The average molecular weight is 312 g/mol. The van der Waals surface area contributed by atoms with E-state index in [0.29, 0.717) is 5.71 Å². The summed E-state index contributed by atoms with van der Waals surface area (Å²) < 4.78 is 0. The minimum atomic E-state index is 0.0174. The Bertz CT molecular complexity index is 1000. The predicted molar refractivity (Wildman–Crippen MR) is 96.5 cm³/mol. The van der Waals surface area contributed by atoms with Crippen LogP contribution in [0.4, 0.5) is 5.69 Å². The molecule has 1 heterocycles. The second-order valence-electron chi connectivity index (χ2n) is 6.44. The Labute approximate surface area is 140 Å². The smallest absolute Gasteiger partial charge is 0.176 e. The summed E-state index contributed by atoms with van der Waals surface area (Å²) in [6, 6.07) is 22.9. The van der Waals surface area contributed by atoms with Crippen molar-refractivity contribution in [3.63, 3.8) is 0 Å². The Morgan fingerprint density at radius 1 is 0.917 bits per heavy atom. The lowest BCUT2D eigenvalue weighted by molar-refractivity contribution is -0.111. The Morgan fingerprint density at radius 2 is 1.62 bits per heavy atom. The van der Waals surface area contributed by atoms with Crippen molar-refractivity contribution < 1.29 is 4.79 Å². The van der Waals surface area contributed by atoms with E-state index in [4.69, 9.17) is 5.10 Å². The first-order valence-corrected chi connectivity index (χ1v) is 8.21. The van der Waals surface area contributed by atoms with Crippen LogP contribution >= 0.6 is 0 Å². The minimum absolute atomic E-state index is 0.0174. The van der Waals surface area contributed by atoms with Gasteiger partial charge in [-0.25, -0.2) is 0 Å². The van der Waals surface area contributed by atoms with Gasteiger partial charge in [0.05, 0.1) is 17.6 Å². The van der Waals surface area contributed by atoms with Gasteiger partial charge in [0.2, 0.25) is 0 Å². The minimum Gasteiger partial charge on any atom is -0.293 e. The highest BCUT2D eigenvalue weighted by molar-refractivity contribution is 6.42. The quantitative estimate of drug-likeness (QED) is 0.700. The summed E-state index contributed by atoms with van der Waals surface area (Å²) in [5.41, 5.74) is 4.17. The van der Waals surface area contributed by atoms with E-state index in [1.165, 1.54) is 21.9 Å². The van der Waals surface area contributed by atoms with E-state index in [0.717, 1.165) is 5.69 Å². The maximum absolute atomic E-state index is 12.3. The Hall–Kier alpha value is -2.94. The molecule has 116 valence electrons. The van der Waals surface area contributed by atoms with Gasteiger partial charge in [0.25, 0.3) is 0 Å². The van der Waals surface area contributed by atoms with Crippen LogP contribution in [-0.2, 0) is 4.79 Å². The molecule has 0 saturated carbocycles. The molecule has 5 rings (SSSR count). The Kier molecular flexibility index (Phi) is 2.69. The number of para-hydroxylation sites is 1. The van der Waals surface area contributed by atoms with Gasteiger partial charge in [-0.1, -0.05) is 54.6 Å². The van der Waals surface area contributed by atoms with Gasteiger partial charge in [-0.2, -0.15) is 5.10 Å². The number of nitrogens with zero attached hydrogens (tertiary/aromatic N) is 2. The maximum Gasteiger partial charge on any atom is 0.176 e. The summed E-state index contributed by atoms with van der Waals surface area (Å²) in [6.07, 6.45) is 0. The van der Waals surface area contributed by atoms with Gasteiger partial charge in [-0.3, -0.25) is 9.80 Å². The van der Waals surface area contributed by atoms with Crippen molar-refractivity contribution in [2.45, 2.75) is 18.9 Å². The van der Waals surface area contributed by atoms with Gasteiger partial charge < -0.3 is 0 Å². The molecule has 3 heteroatoms. The molecule has 0 radical (unpaired) electrons. The molecule has 3 aromatic carbocycles. The van der Waals surface area contributed by atoms with Crippen molar-refractivity contribution in [1.82, 2.24) is 0 Å². The first kappa shape index (κ1) is 13.5. The van der Waals surface area contributed by atoms with Crippen LogP contribution in [0.2, 0.25) is 0 Å². The molecule has 0 spiro atoms. The van der Waals surface area contributed by atoms with Gasteiger partial charge in [-0.05, 0) is 34.0 Å². The molecule has 2 aliphatic rings. The zero-order valence-electron chi connectivity index (χ0n) is 13.3. The molecule has 0 N–H and O–H groups in total. The SMILES string of the molecule is CC(=O)C1=NN(c2ccccc2)[C@@H]2c3cccc4cccc(c34)[C@@H]12. The molecule has 1 aliphatic heterocycles. The molecule has 24 heavy (non-hydrogen) atoms. The zero-order valence-corrected chi connectivity index (χ0v) is 13.3. The van der Waals surface area contributed by atoms with E-state index < -0.39 is 0 Å². The van der Waals surface area contributed by atoms with Gasteiger partial charge >= 0.3 is 0 Å². The third kappa shape index (κ3) is 1.67. The van der Waals surface area contributed by atoms with Gasteiger partial charge in [0, 0.05) is 6.92 Å². The monoisotopic (exact) mass is 312 g/mol. The molecule has 0 amide bonds. The number of carbonyl (C=O) groups excluding carboxylic acids is 1. The molecular weight excluding hydrogens is 296 g/mol. The number of anilines is 1. The fraction of sp³-hybridized carbons (Fsp3) is 0.143. The van der Waals surface area contributed by atoms with Crippen LogP contribution in [0.25, 0.3) is 10.8 Å². The van der Waals surface area contributed by atoms with Crippen molar-refractivity contribution >= 4 is 28.0 Å². The lowest BCUT2D eigenvalue weighted by Crippen LogP contribution is -2.22. The highest BCUT2D eigenvalue weighted by Crippen LogP contribution is 2.53. The van der Waals surface area contributed by atoms with E-state index in [1.807, 2.05) is 35.3 Å². The van der Waals surface area contributed by atoms with Gasteiger partial charge in [-0.15, -0.1) is 0 Å². The zero-order chi connectivity index (χ0) is 16.3. The van der Waals surface area contributed by atoms with E-state index in [9.17, 15) is 4.79 Å². The third-order valence-electron chi connectivity index (χ3n) is 5.09. The summed E-state index contributed by atoms with van der Waals surface area (Å²) in [5.74, 6) is 0.0667. The van der Waals surface area contributed by atoms with Crippen LogP contribution in [0.5, 0.6) is 0 Å². The van der Waals surface area contributed by atoms with Crippen molar-refractivity contribution in [2.24, 2.45) is 5.10 Å². The van der Waals surface area contributed by atoms with Gasteiger partial charge in [0.1, 0.15) is 5.71 Å². The fourth-order valence-electron chi connectivity index (χ4n) is 4.15. The molecule has 0 unspecified atom stereocenters. The Balaban J connectivity index is 1.79. The largest absolute Gasteiger partial charge is 0.293 e. The third-order valence-corrected chi connectivity index (χ3v) is 5.09. The first-order chi connectivity index (χ1) is 11.8. The molecule has 2 atom stereocenters. The summed E-state index contributed by atoms with van der Waals surface area (Å²) in [5, 5.41) is 9.27. The molecule has 0 bridgehead atoms. The topological polar surface area (TPSA) is 32.7 Å². The molecule has 3 aromatic rings. The first-order valence-electron chi connectivity index (χ1n) is 8.21. The predicted octanol–water partition coefficient (Wildman–Crippen LogP) is 4.44. The molecule has 0 fully saturated rings. The number of carbonyl (C=O) groups is 1. The van der Waals surface area contributed by atoms with Crippen LogP contribution in [-0.4, -0.2) is 11.5 Å². The van der Waals surface area contributed by atoms with Gasteiger partial charge in [0.15, 0.2) is 5.78 Å². The molecule has 3 nitrogen and oxygen atoms in total. The van der Waals surface area contributed by atoms with E-state index in [-0.39, 0.29) is 17.7 Å². The number of hydrogen-bond donors (Lipinski definition) is 0. The number of rotatable bonds is 2. The molecule has 1 aliphatic carbocycles. The van der Waals surface area contributed by atoms with Crippen molar-refractivity contribution in [2.75, 3.05) is 5.01 Å². The number of fused-ring (bicyclic) bond motifs is 3. The van der Waals surface area contributed by atoms with Crippen molar-refractivity contribution in [3.8, 4) is 0 Å². The van der Waals surface area contributed by atoms with Crippen LogP contribution in [0, 0.1) is 0 Å². The van der Waals surface area contributed by atoms with E-state index in [2.05, 4.69) is 36.4 Å². The molecular formula is C21H16N2O. The van der Waals surface area contributed by atoms with E-state index in [1.54, 1.807) is 6.92 Å². The lowest BCUT2D eigenvalue weighted by Gasteiger charge is -2.24. The number of Topliss-reactive ketones (excluding diaryl/α,β-unsaturated/α-hetero) is 1. The lowest BCUT2D eigenvalue weighted by atomic mass is 9.90. The van der Waals surface area contributed by atoms with Crippen molar-refractivity contribution in [3.05, 3.63) is 77.9 Å². The summed E-state index contributed by atoms with van der Waals surface area (Å²) in [4.78, 5) is 12.3. The van der Waals surface area contributed by atoms with Crippen LogP contribution in [0.15, 0.2) is 71.8 Å². The fourth-order valence-corrected chi connectivity index (χ4v) is 4.15. The maximum atomic E-state index is 12.3. The molecule has 0 aromatic heterocycles. The van der Waals surface area contributed by atoms with E-state index >= 15 is 0 Å². The summed E-state index contributed by atoms with van der Waals surface area (Å²) >= 11 is 0. The van der Waals surface area contributed by atoms with Crippen LogP contribution < -0.4 is 5.01 Å². The standard InChI is InChI=1S/C21H16N2O/c1-13(24)20-19-16-11-5-7-14-8-6-12-17(18(14)16)21(19)23(22-20)15-9-3-2-4-10-15/h2-12,19,21H,1H3/t19-,21+/m0/s1. The van der Waals surface area contributed by atoms with Crippen LogP contribution in [0.1, 0.15) is 30.0 Å². The normalized spacial score (nSPS) is 21.0. The number of hydrazone groups is 1. The molecule has 0 saturated heterocycles. The average Bonchev–Trinajstić information content (AvgIpc) is 3.15. The number of hydrogen-bond acceptors (Lipinski definition) is 3. The second-order valence-corrected chi connectivity index (χ2v) is 6.44. The van der Waals surface area contributed by atoms with Crippen LogP contribution in [0.3, 0.4) is 0 Å². The second kappa shape index (κ2) is 4.78. The Morgan fingerprint density at radius 3 is 2.33 bits per heavy atom. The summed E-state index contributed by atoms with van der Waals surface area (Å²) in [6.45, 7) is 1.62. The number of benzene rings is 3. The highest BCUT2D eigenvalue weighted by Gasteiger charge is 2.47. The van der Waals surface area contributed by atoms with Crippen molar-refractivity contribution in [1.29, 1.82) is 0 Å².